The highest BCUT2D eigenvalue weighted by molar-refractivity contribution is 6.76. The second-order valence-corrected chi connectivity index (χ2v) is 15.6. The Morgan fingerprint density at radius 1 is 1.06 bits per heavy atom. The van der Waals surface area contributed by atoms with Crippen molar-refractivity contribution < 1.29 is 4.74 Å². The number of allylic oxidation sites excluding steroid dienone is 5. The van der Waals surface area contributed by atoms with Gasteiger partial charge in [-0.05, 0) is 64.8 Å². The molecule has 0 saturated heterocycles. The lowest BCUT2D eigenvalue weighted by molar-refractivity contribution is 0.172. The van der Waals surface area contributed by atoms with Gasteiger partial charge in [0, 0.05) is 32.3 Å². The molecule has 0 unspecified atom stereocenters. The molecular weight excluding hydrogens is 396 g/mol. The predicted octanol–water partition coefficient (Wildman–Crippen LogP) is 4.36. The number of aromatic nitrogens is 2. The highest BCUT2D eigenvalue weighted by Crippen LogP contribution is 2.28. The van der Waals surface area contributed by atoms with Crippen molar-refractivity contribution in [3.8, 4) is 0 Å². The van der Waals surface area contributed by atoms with E-state index in [1.807, 2.05) is 12.5 Å². The zero-order valence-electron chi connectivity index (χ0n) is 18.9. The van der Waals surface area contributed by atoms with Crippen LogP contribution in [0.15, 0.2) is 66.3 Å². The second-order valence-electron chi connectivity index (χ2n) is 10.0. The molecule has 1 heterocycles. The lowest BCUT2D eigenvalue weighted by Gasteiger charge is -2.25. The molecule has 0 radical (unpaired) electrons. The lowest BCUT2D eigenvalue weighted by Crippen LogP contribution is -2.31. The van der Waals surface area contributed by atoms with E-state index in [9.17, 15) is 0 Å². The summed E-state index contributed by atoms with van der Waals surface area (Å²) in [6.45, 7) is 8.71. The molecule has 3 aliphatic carbocycles. The summed E-state index contributed by atoms with van der Waals surface area (Å²) in [6, 6.07) is 5.88. The molecule has 0 amide bonds. The molecule has 1 aromatic carbocycles. The van der Waals surface area contributed by atoms with Crippen LogP contribution in [0.4, 0.5) is 0 Å². The number of fused-ring (bicyclic) bond motifs is 4. The van der Waals surface area contributed by atoms with Gasteiger partial charge in [0.2, 0.25) is 0 Å². The number of benzene rings is 1. The zero-order chi connectivity index (χ0) is 21.4. The van der Waals surface area contributed by atoms with Crippen molar-refractivity contribution in [1.82, 2.24) is 9.55 Å². The Bertz CT molecular complexity index is 1210. The summed E-state index contributed by atoms with van der Waals surface area (Å²) in [5.74, 6) is 0. The van der Waals surface area contributed by atoms with E-state index >= 15 is 0 Å². The van der Waals surface area contributed by atoms with E-state index in [0.717, 1.165) is 25.9 Å². The summed E-state index contributed by atoms with van der Waals surface area (Å²) in [4.78, 5) is 4.33. The number of ether oxygens (including phenoxy) is 1. The fraction of sp³-hybridized carbons (Fsp3) is 0.370. The molecule has 0 bridgehead atoms. The highest BCUT2D eigenvalue weighted by Gasteiger charge is 2.21. The molecule has 5 rings (SSSR count). The average molecular weight is 429 g/mol. The first-order valence-corrected chi connectivity index (χ1v) is 15.2. The van der Waals surface area contributed by atoms with E-state index in [1.165, 1.54) is 56.4 Å². The summed E-state index contributed by atoms with van der Waals surface area (Å²) >= 11 is 0. The van der Waals surface area contributed by atoms with E-state index < -0.39 is 8.07 Å². The summed E-state index contributed by atoms with van der Waals surface area (Å²) in [5.41, 5.74) is 8.43. The molecule has 3 aliphatic rings. The van der Waals surface area contributed by atoms with E-state index in [4.69, 9.17) is 4.74 Å². The van der Waals surface area contributed by atoms with Gasteiger partial charge in [0.15, 0.2) is 0 Å². The minimum atomic E-state index is -1.08. The van der Waals surface area contributed by atoms with Crippen LogP contribution in [0, 0.1) is 0 Å². The SMILES string of the molecule is C[Si](C)(C)CCOCC1=CCc2c3c(ccc2=C1n1ccnc1)=C1C=CCCC1=CC3. The maximum atomic E-state index is 6.16. The van der Waals surface area contributed by atoms with E-state index in [1.54, 1.807) is 0 Å². The lowest BCUT2D eigenvalue weighted by atomic mass is 9.82. The smallest absolute Gasteiger partial charge is 0.0992 e. The van der Waals surface area contributed by atoms with Crippen molar-refractivity contribution in [2.24, 2.45) is 0 Å². The Balaban J connectivity index is 1.57. The number of imidazole rings is 1. The van der Waals surface area contributed by atoms with Crippen LogP contribution in [0.1, 0.15) is 24.0 Å². The van der Waals surface area contributed by atoms with Crippen molar-refractivity contribution >= 4 is 19.3 Å². The van der Waals surface area contributed by atoms with Gasteiger partial charge < -0.3 is 9.30 Å². The van der Waals surface area contributed by atoms with E-state index in [0.29, 0.717) is 6.61 Å². The normalized spacial score (nSPS) is 17.6. The predicted molar refractivity (Wildman–Crippen MR) is 131 cm³/mol. The van der Waals surface area contributed by atoms with Gasteiger partial charge in [-0.15, -0.1) is 0 Å². The molecule has 0 aliphatic heterocycles. The molecule has 31 heavy (non-hydrogen) atoms. The molecule has 160 valence electrons. The van der Waals surface area contributed by atoms with Gasteiger partial charge >= 0.3 is 0 Å². The van der Waals surface area contributed by atoms with Crippen LogP contribution < -0.4 is 10.4 Å². The molecule has 0 N–H and O–H groups in total. The van der Waals surface area contributed by atoms with Crippen LogP contribution in [0.3, 0.4) is 0 Å². The van der Waals surface area contributed by atoms with Crippen LogP contribution in [-0.2, 0) is 17.6 Å². The van der Waals surface area contributed by atoms with Gasteiger partial charge in [0.05, 0.1) is 18.6 Å². The maximum Gasteiger partial charge on any atom is 0.0992 e. The Hall–Kier alpha value is -2.43. The first kappa shape index (κ1) is 20.5. The second kappa shape index (κ2) is 8.25. The minimum absolute atomic E-state index is 0.665. The van der Waals surface area contributed by atoms with Gasteiger partial charge in [-0.25, -0.2) is 4.98 Å². The zero-order valence-corrected chi connectivity index (χ0v) is 19.9. The number of hydrogen-bond donors (Lipinski definition) is 0. The van der Waals surface area contributed by atoms with Crippen molar-refractivity contribution in [2.75, 3.05) is 13.2 Å². The van der Waals surface area contributed by atoms with Crippen LogP contribution >= 0.6 is 0 Å². The number of nitrogens with zero attached hydrogens (tertiary/aromatic N) is 2. The minimum Gasteiger partial charge on any atom is -0.377 e. The first-order valence-electron chi connectivity index (χ1n) is 11.5. The van der Waals surface area contributed by atoms with Crippen molar-refractivity contribution in [1.29, 1.82) is 0 Å². The van der Waals surface area contributed by atoms with Crippen molar-refractivity contribution in [2.45, 2.75) is 51.4 Å². The van der Waals surface area contributed by atoms with Gasteiger partial charge in [-0.3, -0.25) is 0 Å². The Morgan fingerprint density at radius 3 is 2.68 bits per heavy atom. The highest BCUT2D eigenvalue weighted by atomic mass is 28.3. The molecule has 0 atom stereocenters. The third kappa shape index (κ3) is 4.07. The quantitative estimate of drug-likeness (QED) is 0.505. The largest absolute Gasteiger partial charge is 0.377 e. The molecule has 1 aromatic heterocycles. The third-order valence-corrected chi connectivity index (χ3v) is 8.32. The average Bonchev–Trinajstić information content (AvgIpc) is 3.29. The molecular formula is C27H32N2OSi. The number of rotatable bonds is 6. The van der Waals surface area contributed by atoms with Crippen molar-refractivity contribution in [3.63, 3.8) is 0 Å². The monoisotopic (exact) mass is 428 g/mol. The summed E-state index contributed by atoms with van der Waals surface area (Å²) < 4.78 is 8.33. The maximum absolute atomic E-state index is 6.16. The molecule has 4 heteroatoms. The van der Waals surface area contributed by atoms with Crippen LogP contribution in [0.5, 0.6) is 0 Å². The number of hydrogen-bond acceptors (Lipinski definition) is 2. The molecule has 0 spiro atoms. The molecule has 0 saturated carbocycles. The Labute approximate surface area is 186 Å². The third-order valence-electron chi connectivity index (χ3n) is 6.61. The van der Waals surface area contributed by atoms with Crippen LogP contribution in [0.25, 0.3) is 11.3 Å². The fourth-order valence-electron chi connectivity index (χ4n) is 4.89. The van der Waals surface area contributed by atoms with E-state index in [2.05, 4.69) is 71.8 Å². The Kier molecular flexibility index (Phi) is 5.45. The Morgan fingerprint density at radius 2 is 1.87 bits per heavy atom. The van der Waals surface area contributed by atoms with Crippen molar-refractivity contribution in [3.05, 3.63) is 87.9 Å². The van der Waals surface area contributed by atoms with Gasteiger partial charge in [-0.2, -0.15) is 0 Å². The summed E-state index contributed by atoms with van der Waals surface area (Å²) in [6.07, 6.45) is 19.7. The van der Waals surface area contributed by atoms with Crippen LogP contribution in [-0.4, -0.2) is 30.8 Å². The summed E-state index contributed by atoms with van der Waals surface area (Å²) in [5, 5.41) is 2.76. The van der Waals surface area contributed by atoms with Gasteiger partial charge in [0.25, 0.3) is 0 Å². The van der Waals surface area contributed by atoms with Gasteiger partial charge in [-0.1, -0.05) is 56.1 Å². The first-order chi connectivity index (χ1) is 15.0. The molecule has 0 fully saturated rings. The fourth-order valence-corrected chi connectivity index (χ4v) is 5.65. The molecule has 2 aromatic rings. The molecule has 3 nitrogen and oxygen atoms in total. The standard InChI is InChI=1S/C27H32N2OSi/c1-31(2,3)17-16-30-18-21-9-11-25-24-10-8-20-6-4-5-7-22(20)23(24)12-13-26(25)27(21)29-15-14-28-19-29/h5,7-9,12-15,19H,4,6,10-11,16-18H2,1-3H3. The topological polar surface area (TPSA) is 27.1 Å². The van der Waals surface area contributed by atoms with E-state index in [-0.39, 0.29) is 0 Å². The summed E-state index contributed by atoms with van der Waals surface area (Å²) in [7, 11) is -1.08. The van der Waals surface area contributed by atoms with Gasteiger partial charge in [0.1, 0.15) is 0 Å². The van der Waals surface area contributed by atoms with Crippen LogP contribution in [0.2, 0.25) is 25.7 Å².